The maximum atomic E-state index is 13.4. The third kappa shape index (κ3) is 1.90. The second-order valence-corrected chi connectivity index (χ2v) is 3.02. The van der Waals surface area contributed by atoms with E-state index in [4.69, 9.17) is 4.74 Å². The fourth-order valence-electron chi connectivity index (χ4n) is 1.26. The van der Waals surface area contributed by atoms with Crippen LogP contribution in [0.15, 0.2) is 29.5 Å². The zero-order chi connectivity index (χ0) is 11.5. The zero-order valence-corrected chi connectivity index (χ0v) is 8.40. The van der Waals surface area contributed by atoms with Gasteiger partial charge in [-0.25, -0.2) is 9.18 Å². The van der Waals surface area contributed by atoms with E-state index in [9.17, 15) is 9.18 Å². The molecule has 6 heteroatoms. The Morgan fingerprint density at radius 2 is 2.19 bits per heavy atom. The van der Waals surface area contributed by atoms with Gasteiger partial charge >= 0.3 is 5.69 Å². The predicted molar refractivity (Wildman–Crippen MR) is 54.6 cm³/mol. The fourth-order valence-corrected chi connectivity index (χ4v) is 1.26. The number of hydrogen-bond donors (Lipinski definition) is 1. The highest BCUT2D eigenvalue weighted by Gasteiger charge is 2.07. The van der Waals surface area contributed by atoms with Crippen LogP contribution in [0.25, 0.3) is 11.3 Å². The molecule has 0 fully saturated rings. The number of hydrogen-bond acceptors (Lipinski definition) is 4. The minimum atomic E-state index is -0.616. The molecular weight excluding hydrogens is 213 g/mol. The molecule has 0 saturated carbocycles. The Morgan fingerprint density at radius 1 is 1.38 bits per heavy atom. The summed E-state index contributed by atoms with van der Waals surface area (Å²) in [6.45, 7) is 0. The molecule has 2 aromatic rings. The number of ether oxygens (including phenoxy) is 1. The van der Waals surface area contributed by atoms with E-state index in [1.54, 1.807) is 6.07 Å². The number of H-pyrrole nitrogens is 1. The van der Waals surface area contributed by atoms with Gasteiger partial charge in [0.2, 0.25) is 0 Å². The minimum Gasteiger partial charge on any atom is -0.495 e. The molecule has 16 heavy (non-hydrogen) atoms. The van der Waals surface area contributed by atoms with E-state index in [0.717, 1.165) is 6.20 Å². The Balaban J connectivity index is 2.57. The van der Waals surface area contributed by atoms with Crippen molar-refractivity contribution in [3.63, 3.8) is 0 Å². The average Bonchev–Trinajstić information content (AvgIpc) is 2.32. The van der Waals surface area contributed by atoms with Crippen molar-refractivity contribution in [2.45, 2.75) is 0 Å². The van der Waals surface area contributed by atoms with Crippen LogP contribution in [0.1, 0.15) is 0 Å². The third-order valence-electron chi connectivity index (χ3n) is 2.00. The van der Waals surface area contributed by atoms with Crippen LogP contribution in [-0.2, 0) is 0 Å². The topological polar surface area (TPSA) is 67.9 Å². The van der Waals surface area contributed by atoms with E-state index < -0.39 is 11.5 Å². The van der Waals surface area contributed by atoms with Crippen molar-refractivity contribution in [2.75, 3.05) is 7.11 Å². The second-order valence-electron chi connectivity index (χ2n) is 3.02. The first kappa shape index (κ1) is 10.3. The van der Waals surface area contributed by atoms with E-state index in [0.29, 0.717) is 11.3 Å². The van der Waals surface area contributed by atoms with Gasteiger partial charge in [-0.05, 0) is 6.07 Å². The van der Waals surface area contributed by atoms with Crippen molar-refractivity contribution in [3.8, 4) is 17.0 Å². The van der Waals surface area contributed by atoms with Crippen LogP contribution in [0.2, 0.25) is 0 Å². The van der Waals surface area contributed by atoms with Crippen molar-refractivity contribution in [1.82, 2.24) is 15.0 Å². The molecule has 2 aromatic heterocycles. The van der Waals surface area contributed by atoms with Gasteiger partial charge in [0.1, 0.15) is 5.75 Å². The molecule has 1 N–H and O–H groups in total. The molecule has 0 aliphatic heterocycles. The normalized spacial score (nSPS) is 10.1. The van der Waals surface area contributed by atoms with E-state index >= 15 is 0 Å². The molecule has 0 atom stereocenters. The lowest BCUT2D eigenvalue weighted by atomic mass is 10.2. The number of aromatic nitrogens is 3. The molecule has 82 valence electrons. The Kier molecular flexibility index (Phi) is 2.63. The number of rotatable bonds is 2. The average molecular weight is 221 g/mol. The second kappa shape index (κ2) is 4.09. The predicted octanol–water partition coefficient (Wildman–Crippen LogP) is 0.980. The van der Waals surface area contributed by atoms with Gasteiger partial charge in [0.15, 0.2) is 5.82 Å². The van der Waals surface area contributed by atoms with Crippen molar-refractivity contribution in [2.24, 2.45) is 0 Å². The maximum absolute atomic E-state index is 13.4. The summed E-state index contributed by atoms with van der Waals surface area (Å²) in [4.78, 5) is 20.4. The molecule has 0 radical (unpaired) electrons. The van der Waals surface area contributed by atoms with Gasteiger partial charge in [0, 0.05) is 11.8 Å². The van der Waals surface area contributed by atoms with Crippen molar-refractivity contribution >= 4 is 0 Å². The summed E-state index contributed by atoms with van der Waals surface area (Å²) in [7, 11) is 1.48. The number of methoxy groups -OCH3 is 1. The van der Waals surface area contributed by atoms with E-state index in [-0.39, 0.29) is 5.69 Å². The van der Waals surface area contributed by atoms with Crippen LogP contribution in [0, 0.1) is 5.82 Å². The van der Waals surface area contributed by atoms with Crippen molar-refractivity contribution < 1.29 is 9.13 Å². The summed E-state index contributed by atoms with van der Waals surface area (Å²) >= 11 is 0. The summed E-state index contributed by atoms with van der Waals surface area (Å²) in [6.07, 6.45) is 3.78. The first-order valence-electron chi connectivity index (χ1n) is 4.45. The maximum Gasteiger partial charge on any atom is 0.345 e. The van der Waals surface area contributed by atoms with Gasteiger partial charge < -0.3 is 9.72 Å². The summed E-state index contributed by atoms with van der Waals surface area (Å²) in [5, 5.41) is 0. The Hall–Kier alpha value is -2.24. The summed E-state index contributed by atoms with van der Waals surface area (Å²) in [6, 6.07) is 1.57. The summed E-state index contributed by atoms with van der Waals surface area (Å²) in [5.41, 5.74) is -0.137. The minimum absolute atomic E-state index is 0.0476. The molecular formula is C10H8FN3O2. The highest BCUT2D eigenvalue weighted by Crippen LogP contribution is 2.21. The lowest BCUT2D eigenvalue weighted by Gasteiger charge is -2.04. The van der Waals surface area contributed by atoms with Crippen LogP contribution in [0.4, 0.5) is 4.39 Å². The smallest absolute Gasteiger partial charge is 0.345 e. The Morgan fingerprint density at radius 3 is 2.94 bits per heavy atom. The van der Waals surface area contributed by atoms with Gasteiger partial charge in [0.05, 0.1) is 25.2 Å². The van der Waals surface area contributed by atoms with Gasteiger partial charge in [0.25, 0.3) is 0 Å². The third-order valence-corrected chi connectivity index (χ3v) is 2.00. The number of aromatic amines is 1. The Bertz CT molecular complexity index is 568. The van der Waals surface area contributed by atoms with Gasteiger partial charge in [-0.1, -0.05) is 0 Å². The van der Waals surface area contributed by atoms with E-state index in [1.807, 2.05) is 0 Å². The number of nitrogens with one attached hydrogen (secondary N) is 1. The van der Waals surface area contributed by atoms with Crippen LogP contribution in [0.3, 0.4) is 0 Å². The van der Waals surface area contributed by atoms with Gasteiger partial charge in [-0.3, -0.25) is 4.98 Å². The SMILES string of the molecule is COc1cncc(-c2[nH]c(=O)ncc2F)c1. The summed E-state index contributed by atoms with van der Waals surface area (Å²) in [5.74, 6) is -0.135. The molecule has 0 bridgehead atoms. The number of pyridine rings is 1. The molecule has 0 unspecified atom stereocenters. The van der Waals surface area contributed by atoms with Crippen molar-refractivity contribution in [1.29, 1.82) is 0 Å². The largest absolute Gasteiger partial charge is 0.495 e. The molecule has 5 nitrogen and oxygen atoms in total. The molecule has 0 aromatic carbocycles. The molecule has 0 spiro atoms. The first-order valence-corrected chi connectivity index (χ1v) is 4.45. The number of nitrogens with zero attached hydrogens (tertiary/aromatic N) is 2. The van der Waals surface area contributed by atoms with Crippen molar-refractivity contribution in [3.05, 3.63) is 41.0 Å². The quantitative estimate of drug-likeness (QED) is 0.820. The van der Waals surface area contributed by atoms with E-state index in [1.165, 1.54) is 19.5 Å². The summed E-state index contributed by atoms with van der Waals surface area (Å²) < 4.78 is 18.3. The molecule has 0 aliphatic rings. The van der Waals surface area contributed by atoms with Crippen LogP contribution in [0.5, 0.6) is 5.75 Å². The zero-order valence-electron chi connectivity index (χ0n) is 8.40. The Labute approximate surface area is 90.0 Å². The molecule has 0 saturated heterocycles. The highest BCUT2D eigenvalue weighted by atomic mass is 19.1. The first-order chi connectivity index (χ1) is 7.70. The van der Waals surface area contributed by atoms with Gasteiger partial charge in [-0.2, -0.15) is 4.98 Å². The van der Waals surface area contributed by atoms with E-state index in [2.05, 4.69) is 15.0 Å². The van der Waals surface area contributed by atoms with Crippen LogP contribution in [-0.4, -0.2) is 22.1 Å². The highest BCUT2D eigenvalue weighted by molar-refractivity contribution is 5.59. The molecule has 0 amide bonds. The van der Waals surface area contributed by atoms with Gasteiger partial charge in [-0.15, -0.1) is 0 Å². The van der Waals surface area contributed by atoms with Crippen LogP contribution < -0.4 is 10.4 Å². The monoisotopic (exact) mass is 221 g/mol. The number of halogens is 1. The molecule has 2 rings (SSSR count). The molecule has 2 heterocycles. The molecule has 0 aliphatic carbocycles. The standard InChI is InChI=1S/C10H8FN3O2/c1-16-7-2-6(3-12-4-7)9-8(11)5-13-10(15)14-9/h2-5H,1H3,(H,13,14,15). The lowest BCUT2D eigenvalue weighted by Crippen LogP contribution is -2.11. The fraction of sp³-hybridized carbons (Fsp3) is 0.100. The lowest BCUT2D eigenvalue weighted by molar-refractivity contribution is 0.413. The van der Waals surface area contributed by atoms with Crippen LogP contribution >= 0.6 is 0 Å².